The van der Waals surface area contributed by atoms with E-state index in [0.29, 0.717) is 16.8 Å². The maximum atomic E-state index is 12.5. The Kier molecular flexibility index (Phi) is 3.78. The maximum Gasteiger partial charge on any atom is 0.278 e. The van der Waals surface area contributed by atoms with Gasteiger partial charge in [-0.3, -0.25) is 4.79 Å². The summed E-state index contributed by atoms with van der Waals surface area (Å²) in [4.78, 5) is 23.4. The quantitative estimate of drug-likeness (QED) is 0.415. The highest BCUT2D eigenvalue weighted by Gasteiger charge is 2.13. The predicted octanol–water partition coefficient (Wildman–Crippen LogP) is 3.16. The van der Waals surface area contributed by atoms with Gasteiger partial charge in [0.15, 0.2) is 0 Å². The molecule has 3 heterocycles. The molecule has 0 saturated carbocycles. The molecule has 0 unspecified atom stereocenters. The summed E-state index contributed by atoms with van der Waals surface area (Å²) in [7, 11) is 0. The monoisotopic (exact) mass is 355 g/mol. The number of aromatic nitrogens is 5. The molecule has 0 aliphatic heterocycles. The molecule has 6 nitrogen and oxygen atoms in total. The lowest BCUT2D eigenvalue weighted by Crippen LogP contribution is -2.23. The molecule has 8 heteroatoms. The first-order chi connectivity index (χ1) is 11.6. The molecule has 4 rings (SSSR count). The Bertz CT molecular complexity index is 1120. The van der Waals surface area contributed by atoms with Crippen molar-refractivity contribution in [3.63, 3.8) is 0 Å². The van der Waals surface area contributed by atoms with Crippen molar-refractivity contribution >= 4 is 44.2 Å². The molecule has 0 aliphatic rings. The minimum Gasteiger partial charge on any atom is -0.267 e. The van der Waals surface area contributed by atoms with E-state index in [4.69, 9.17) is 0 Å². The molecule has 0 aliphatic carbocycles. The summed E-state index contributed by atoms with van der Waals surface area (Å²) in [6, 6.07) is 7.22. The Hall–Kier alpha value is -2.32. The Morgan fingerprint density at radius 3 is 2.92 bits per heavy atom. The van der Waals surface area contributed by atoms with Crippen molar-refractivity contribution in [2.45, 2.75) is 24.8 Å². The van der Waals surface area contributed by atoms with Gasteiger partial charge >= 0.3 is 0 Å². The van der Waals surface area contributed by atoms with E-state index >= 15 is 0 Å². The largest absolute Gasteiger partial charge is 0.278 e. The van der Waals surface area contributed by atoms with E-state index in [1.54, 1.807) is 29.8 Å². The van der Waals surface area contributed by atoms with Crippen LogP contribution in [0.25, 0.3) is 21.1 Å². The summed E-state index contributed by atoms with van der Waals surface area (Å²) in [5.41, 5.74) is 1.66. The molecule has 4 aromatic rings. The summed E-state index contributed by atoms with van der Waals surface area (Å²) in [5.74, 6) is 0.358. The zero-order chi connectivity index (χ0) is 16.7. The van der Waals surface area contributed by atoms with Crippen LogP contribution in [0, 0.1) is 13.8 Å². The number of benzene rings is 1. The van der Waals surface area contributed by atoms with Gasteiger partial charge in [-0.1, -0.05) is 29.1 Å². The molecule has 0 atom stereocenters. The fourth-order valence-electron chi connectivity index (χ4n) is 2.49. The minimum atomic E-state index is -0.142. The van der Waals surface area contributed by atoms with Crippen molar-refractivity contribution in [3.8, 4) is 0 Å². The van der Waals surface area contributed by atoms with Crippen LogP contribution in [0.15, 0.2) is 40.4 Å². The highest BCUT2D eigenvalue weighted by Crippen LogP contribution is 2.34. The fraction of sp³-hybridized carbons (Fsp3) is 0.188. The van der Waals surface area contributed by atoms with Gasteiger partial charge in [-0.2, -0.15) is 4.68 Å². The third-order valence-electron chi connectivity index (χ3n) is 3.88. The maximum absolute atomic E-state index is 12.5. The fourth-order valence-corrected chi connectivity index (χ4v) is 4.48. The third-order valence-corrected chi connectivity index (χ3v) is 5.96. The Morgan fingerprint density at radius 2 is 2.04 bits per heavy atom. The number of hydrogen-bond donors (Lipinski definition) is 0. The summed E-state index contributed by atoms with van der Waals surface area (Å²) in [6.07, 6.45) is 1.56. The first kappa shape index (κ1) is 15.2. The van der Waals surface area contributed by atoms with Crippen LogP contribution in [0.2, 0.25) is 0 Å². The zero-order valence-corrected chi connectivity index (χ0v) is 14.7. The molecule has 0 N–H and O–H groups in total. The van der Waals surface area contributed by atoms with Gasteiger partial charge in [0.05, 0.1) is 11.3 Å². The number of thioether (sulfide) groups is 1. The van der Waals surface area contributed by atoms with E-state index in [1.807, 2.05) is 12.1 Å². The van der Waals surface area contributed by atoms with E-state index in [2.05, 4.69) is 34.1 Å². The average molecular weight is 355 g/mol. The van der Waals surface area contributed by atoms with Crippen LogP contribution < -0.4 is 5.56 Å². The third kappa shape index (κ3) is 2.47. The molecule has 24 heavy (non-hydrogen) atoms. The molecule has 0 spiro atoms. The molecule has 3 aromatic heterocycles. The molecular formula is C16H13N5OS2. The summed E-state index contributed by atoms with van der Waals surface area (Å²) in [6.45, 7) is 4.15. The lowest BCUT2D eigenvalue weighted by molar-refractivity contribution is 0.644. The molecule has 0 amide bonds. The smallest absolute Gasteiger partial charge is 0.267 e. The van der Waals surface area contributed by atoms with Crippen molar-refractivity contribution in [2.24, 2.45) is 0 Å². The molecule has 0 radical (unpaired) electrons. The lowest BCUT2D eigenvalue weighted by atomic mass is 10.2. The summed E-state index contributed by atoms with van der Waals surface area (Å²) >= 11 is 3.13. The van der Waals surface area contributed by atoms with Gasteiger partial charge in [0.1, 0.15) is 21.7 Å². The van der Waals surface area contributed by atoms with E-state index in [0.717, 1.165) is 15.2 Å². The van der Waals surface area contributed by atoms with Gasteiger partial charge < -0.3 is 0 Å². The van der Waals surface area contributed by atoms with Crippen molar-refractivity contribution in [1.29, 1.82) is 0 Å². The van der Waals surface area contributed by atoms with E-state index in [9.17, 15) is 4.79 Å². The van der Waals surface area contributed by atoms with Crippen LogP contribution in [0.5, 0.6) is 0 Å². The number of thiophene rings is 1. The first-order valence-corrected chi connectivity index (χ1v) is 9.11. The minimum absolute atomic E-state index is 0.142. The Labute approximate surface area is 145 Å². The first-order valence-electron chi connectivity index (χ1n) is 7.31. The lowest BCUT2D eigenvalue weighted by Gasteiger charge is -2.05. The van der Waals surface area contributed by atoms with Crippen LogP contribution in [-0.2, 0) is 5.88 Å². The number of nitrogens with zero attached hydrogens (tertiary/aromatic N) is 5. The van der Waals surface area contributed by atoms with E-state index in [-0.39, 0.29) is 5.56 Å². The molecule has 1 aromatic carbocycles. The van der Waals surface area contributed by atoms with Crippen LogP contribution in [0.1, 0.15) is 10.4 Å². The zero-order valence-electron chi connectivity index (χ0n) is 13.1. The van der Waals surface area contributed by atoms with Gasteiger partial charge in [-0.25, -0.2) is 9.97 Å². The van der Waals surface area contributed by atoms with Gasteiger partial charge in [-0.05, 0) is 31.5 Å². The summed E-state index contributed by atoms with van der Waals surface area (Å²) in [5, 5.41) is 10.6. The summed E-state index contributed by atoms with van der Waals surface area (Å²) < 4.78 is 1.37. The van der Waals surface area contributed by atoms with Crippen molar-refractivity contribution in [2.75, 3.05) is 0 Å². The Morgan fingerprint density at radius 1 is 1.21 bits per heavy atom. The standard InChI is InChI=1S/C16H13N5OS2/c1-9-10(2)24-15-13(9)14(17-7-18-15)23-8-21-16(22)11-5-3-4-6-12(11)19-20-21/h3-7H,8H2,1-2H3. The van der Waals surface area contributed by atoms with Crippen molar-refractivity contribution in [1.82, 2.24) is 25.0 Å². The number of hydrogen-bond acceptors (Lipinski definition) is 7. The van der Waals surface area contributed by atoms with E-state index in [1.165, 1.54) is 26.9 Å². The predicted molar refractivity (Wildman–Crippen MR) is 96.5 cm³/mol. The molecule has 0 saturated heterocycles. The Balaban J connectivity index is 1.71. The van der Waals surface area contributed by atoms with Crippen LogP contribution >= 0.6 is 23.1 Å². The van der Waals surface area contributed by atoms with Crippen molar-refractivity contribution < 1.29 is 0 Å². The normalized spacial score (nSPS) is 11.4. The molecule has 120 valence electrons. The van der Waals surface area contributed by atoms with Crippen molar-refractivity contribution in [3.05, 3.63) is 51.4 Å². The SMILES string of the molecule is Cc1sc2ncnc(SCn3nnc4ccccc4c3=O)c2c1C. The van der Waals surface area contributed by atoms with Gasteiger partial charge in [0, 0.05) is 10.3 Å². The topological polar surface area (TPSA) is 73.6 Å². The van der Waals surface area contributed by atoms with Crippen LogP contribution in [-0.4, -0.2) is 25.0 Å². The molecule has 0 bridgehead atoms. The van der Waals surface area contributed by atoms with Gasteiger partial charge in [0.25, 0.3) is 5.56 Å². The average Bonchev–Trinajstić information content (AvgIpc) is 2.89. The highest BCUT2D eigenvalue weighted by molar-refractivity contribution is 7.98. The molecular weight excluding hydrogens is 342 g/mol. The second kappa shape index (κ2) is 5.95. The second-order valence-electron chi connectivity index (χ2n) is 5.33. The second-order valence-corrected chi connectivity index (χ2v) is 7.46. The van der Waals surface area contributed by atoms with Gasteiger partial charge in [-0.15, -0.1) is 16.4 Å². The van der Waals surface area contributed by atoms with E-state index < -0.39 is 0 Å². The van der Waals surface area contributed by atoms with Crippen LogP contribution in [0.4, 0.5) is 0 Å². The molecule has 0 fully saturated rings. The number of aryl methyl sites for hydroxylation is 2. The highest BCUT2D eigenvalue weighted by atomic mass is 32.2. The van der Waals surface area contributed by atoms with Gasteiger partial charge in [0.2, 0.25) is 0 Å². The van der Waals surface area contributed by atoms with Crippen LogP contribution in [0.3, 0.4) is 0 Å². The number of fused-ring (bicyclic) bond motifs is 2. The number of rotatable bonds is 3.